The predicted octanol–water partition coefficient (Wildman–Crippen LogP) is 2.21. The Morgan fingerprint density at radius 3 is 2.72 bits per heavy atom. The summed E-state index contributed by atoms with van der Waals surface area (Å²) in [6.45, 7) is 1.82. The average Bonchev–Trinajstić information content (AvgIpc) is 3.06. The van der Waals surface area contributed by atoms with E-state index >= 15 is 0 Å². The van der Waals surface area contributed by atoms with Gasteiger partial charge in [0.2, 0.25) is 5.91 Å². The third kappa shape index (κ3) is 4.37. The van der Waals surface area contributed by atoms with Crippen LogP contribution in [0.2, 0.25) is 0 Å². The van der Waals surface area contributed by atoms with Crippen molar-refractivity contribution in [1.82, 2.24) is 15.1 Å². The molecule has 1 aliphatic heterocycles. The Hall–Kier alpha value is -2.39. The van der Waals surface area contributed by atoms with E-state index < -0.39 is 11.9 Å². The fourth-order valence-electron chi connectivity index (χ4n) is 2.60. The van der Waals surface area contributed by atoms with Crippen molar-refractivity contribution >= 4 is 11.6 Å². The smallest absolute Gasteiger partial charge is 0.378 e. The van der Waals surface area contributed by atoms with Gasteiger partial charge in [-0.1, -0.05) is 0 Å². The minimum absolute atomic E-state index is 0.0357. The lowest BCUT2D eigenvalue weighted by Crippen LogP contribution is -2.43. The van der Waals surface area contributed by atoms with E-state index in [-0.39, 0.29) is 24.1 Å². The molecule has 0 radical (unpaired) electrons. The molecule has 6 nitrogen and oxygen atoms in total. The summed E-state index contributed by atoms with van der Waals surface area (Å²) < 4.78 is 44.8. The van der Waals surface area contributed by atoms with E-state index in [4.69, 9.17) is 4.74 Å². The van der Waals surface area contributed by atoms with Crippen LogP contribution in [0.15, 0.2) is 36.5 Å². The van der Waals surface area contributed by atoms with Crippen molar-refractivity contribution < 1.29 is 22.7 Å². The molecule has 3 rings (SSSR count). The number of carbonyl (C=O) groups is 1. The number of aromatic nitrogens is 2. The number of anilines is 1. The molecule has 0 spiro atoms. The van der Waals surface area contributed by atoms with E-state index in [0.717, 1.165) is 16.9 Å². The number of benzene rings is 1. The molecule has 1 unspecified atom stereocenters. The van der Waals surface area contributed by atoms with Crippen LogP contribution in [0, 0.1) is 0 Å². The number of alkyl halides is 3. The summed E-state index contributed by atoms with van der Waals surface area (Å²) in [4.78, 5) is 12.0. The first-order valence-corrected chi connectivity index (χ1v) is 7.76. The van der Waals surface area contributed by atoms with Gasteiger partial charge in [-0.05, 0) is 30.3 Å². The van der Waals surface area contributed by atoms with Crippen LogP contribution in [0.4, 0.5) is 18.9 Å². The van der Waals surface area contributed by atoms with Crippen LogP contribution in [0.25, 0.3) is 5.69 Å². The number of hydrogen-bond donors (Lipinski definition) is 2. The largest absolute Gasteiger partial charge is 0.433 e. The van der Waals surface area contributed by atoms with Gasteiger partial charge in [0, 0.05) is 24.7 Å². The van der Waals surface area contributed by atoms with E-state index in [2.05, 4.69) is 15.7 Å². The number of nitrogens with zero attached hydrogens (tertiary/aromatic N) is 2. The highest BCUT2D eigenvalue weighted by molar-refractivity contribution is 5.91. The molecule has 0 aliphatic carbocycles. The fraction of sp³-hybridized carbons (Fsp3) is 0.375. The maximum Gasteiger partial charge on any atom is 0.433 e. The predicted molar refractivity (Wildman–Crippen MR) is 84.4 cm³/mol. The van der Waals surface area contributed by atoms with Gasteiger partial charge in [0.05, 0.1) is 25.1 Å². The first-order valence-electron chi connectivity index (χ1n) is 7.76. The van der Waals surface area contributed by atoms with E-state index in [0.29, 0.717) is 25.4 Å². The molecule has 2 N–H and O–H groups in total. The standard InChI is InChI=1S/C16H17F3N4O2/c17-16(18,19)14-5-6-21-23(14)13-3-1-11(2-4-13)22-15(24)9-12-10-25-8-7-20-12/h1-6,12,20H,7-10H2,(H,22,24). The van der Waals surface area contributed by atoms with Crippen LogP contribution in [0.5, 0.6) is 0 Å². The van der Waals surface area contributed by atoms with Crippen LogP contribution >= 0.6 is 0 Å². The number of rotatable bonds is 4. The molecule has 1 atom stereocenters. The van der Waals surface area contributed by atoms with Crippen molar-refractivity contribution in [3.63, 3.8) is 0 Å². The van der Waals surface area contributed by atoms with E-state index in [1.165, 1.54) is 12.1 Å². The fourth-order valence-corrected chi connectivity index (χ4v) is 2.60. The van der Waals surface area contributed by atoms with Crippen molar-refractivity contribution in [2.24, 2.45) is 0 Å². The first kappa shape index (κ1) is 17.4. The van der Waals surface area contributed by atoms with Gasteiger partial charge < -0.3 is 15.4 Å². The van der Waals surface area contributed by atoms with Gasteiger partial charge in [-0.2, -0.15) is 18.3 Å². The molecule has 1 aromatic carbocycles. The topological polar surface area (TPSA) is 68.2 Å². The maximum absolute atomic E-state index is 12.9. The zero-order valence-electron chi connectivity index (χ0n) is 13.2. The van der Waals surface area contributed by atoms with E-state index in [9.17, 15) is 18.0 Å². The third-order valence-corrected chi connectivity index (χ3v) is 3.76. The number of hydrogen-bond acceptors (Lipinski definition) is 4. The van der Waals surface area contributed by atoms with Gasteiger partial charge in [-0.15, -0.1) is 0 Å². The first-order chi connectivity index (χ1) is 11.9. The molecule has 1 fully saturated rings. The summed E-state index contributed by atoms with van der Waals surface area (Å²) in [5.74, 6) is -0.189. The molecule has 1 aliphatic rings. The molecular formula is C16H17F3N4O2. The molecule has 2 aromatic rings. The Bertz CT molecular complexity index is 722. The number of morpholine rings is 1. The number of halogens is 3. The summed E-state index contributed by atoms with van der Waals surface area (Å²) >= 11 is 0. The normalized spacial score (nSPS) is 18.1. The quantitative estimate of drug-likeness (QED) is 0.883. The highest BCUT2D eigenvalue weighted by atomic mass is 19.4. The van der Waals surface area contributed by atoms with Crippen molar-refractivity contribution in [1.29, 1.82) is 0 Å². The highest BCUT2D eigenvalue weighted by Crippen LogP contribution is 2.30. The molecule has 0 saturated carbocycles. The number of amides is 1. The summed E-state index contributed by atoms with van der Waals surface area (Å²) in [5, 5.41) is 9.61. The lowest BCUT2D eigenvalue weighted by Gasteiger charge is -2.23. The Balaban J connectivity index is 1.64. The zero-order valence-corrected chi connectivity index (χ0v) is 13.2. The van der Waals surface area contributed by atoms with Crippen molar-refractivity contribution in [3.8, 4) is 5.69 Å². The van der Waals surface area contributed by atoms with Gasteiger partial charge in [0.15, 0.2) is 0 Å². The lowest BCUT2D eigenvalue weighted by molar-refractivity contribution is -0.142. The Morgan fingerprint density at radius 2 is 2.08 bits per heavy atom. The molecule has 9 heteroatoms. The minimum atomic E-state index is -4.49. The average molecular weight is 354 g/mol. The van der Waals surface area contributed by atoms with Crippen LogP contribution in [0.1, 0.15) is 12.1 Å². The summed E-state index contributed by atoms with van der Waals surface area (Å²) in [5.41, 5.74) is -0.0866. The van der Waals surface area contributed by atoms with Gasteiger partial charge in [0.25, 0.3) is 0 Å². The monoisotopic (exact) mass is 354 g/mol. The van der Waals surface area contributed by atoms with E-state index in [1.54, 1.807) is 12.1 Å². The third-order valence-electron chi connectivity index (χ3n) is 3.76. The molecule has 2 heterocycles. The van der Waals surface area contributed by atoms with Crippen LogP contribution in [-0.4, -0.2) is 41.5 Å². The molecule has 134 valence electrons. The SMILES string of the molecule is O=C(CC1COCCN1)Nc1ccc(-n2nccc2C(F)(F)F)cc1. The lowest BCUT2D eigenvalue weighted by atomic mass is 10.2. The number of carbonyl (C=O) groups excluding carboxylic acids is 1. The Morgan fingerprint density at radius 1 is 1.32 bits per heavy atom. The second-order valence-electron chi connectivity index (χ2n) is 5.65. The van der Waals surface area contributed by atoms with Crippen LogP contribution in [0.3, 0.4) is 0 Å². The second-order valence-corrected chi connectivity index (χ2v) is 5.65. The maximum atomic E-state index is 12.9. The molecule has 1 aromatic heterocycles. The zero-order chi connectivity index (χ0) is 17.9. The molecule has 25 heavy (non-hydrogen) atoms. The molecule has 1 saturated heterocycles. The minimum Gasteiger partial charge on any atom is -0.378 e. The summed E-state index contributed by atoms with van der Waals surface area (Å²) in [7, 11) is 0. The van der Waals surface area contributed by atoms with Crippen molar-refractivity contribution in [3.05, 3.63) is 42.2 Å². The van der Waals surface area contributed by atoms with Crippen LogP contribution < -0.4 is 10.6 Å². The molecular weight excluding hydrogens is 337 g/mol. The van der Waals surface area contributed by atoms with Crippen molar-refractivity contribution in [2.45, 2.75) is 18.6 Å². The van der Waals surface area contributed by atoms with Gasteiger partial charge in [-0.3, -0.25) is 4.79 Å². The molecule has 1 amide bonds. The van der Waals surface area contributed by atoms with Crippen molar-refractivity contribution in [2.75, 3.05) is 25.1 Å². The second kappa shape index (κ2) is 7.24. The van der Waals surface area contributed by atoms with Gasteiger partial charge >= 0.3 is 6.18 Å². The number of nitrogens with one attached hydrogen (secondary N) is 2. The van der Waals surface area contributed by atoms with Crippen LogP contribution in [-0.2, 0) is 15.7 Å². The number of ether oxygens (including phenoxy) is 1. The van der Waals surface area contributed by atoms with Gasteiger partial charge in [-0.25, -0.2) is 4.68 Å². The summed E-state index contributed by atoms with van der Waals surface area (Å²) in [6, 6.07) is 6.90. The Kier molecular flexibility index (Phi) is 5.05. The summed E-state index contributed by atoms with van der Waals surface area (Å²) in [6.07, 6.45) is -3.13. The Labute approximate surface area is 142 Å². The molecule has 0 bridgehead atoms. The van der Waals surface area contributed by atoms with Gasteiger partial charge in [0.1, 0.15) is 5.69 Å². The van der Waals surface area contributed by atoms with E-state index in [1.807, 2.05) is 0 Å². The highest BCUT2D eigenvalue weighted by Gasteiger charge is 2.35.